The van der Waals surface area contributed by atoms with Crippen molar-refractivity contribution in [2.75, 3.05) is 6.54 Å². The highest BCUT2D eigenvalue weighted by molar-refractivity contribution is 5.84. The summed E-state index contributed by atoms with van der Waals surface area (Å²) >= 11 is 0. The molecule has 0 saturated heterocycles. The first-order valence-corrected chi connectivity index (χ1v) is 7.31. The quantitative estimate of drug-likeness (QED) is 0.860. The van der Waals surface area contributed by atoms with Crippen LogP contribution in [-0.4, -0.2) is 40.5 Å². The lowest BCUT2D eigenvalue weighted by Gasteiger charge is -2.34. The topological polar surface area (TPSA) is 69.6 Å². The van der Waals surface area contributed by atoms with Gasteiger partial charge in [0.1, 0.15) is 6.04 Å². The van der Waals surface area contributed by atoms with E-state index in [1.54, 1.807) is 0 Å². The lowest BCUT2D eigenvalue weighted by molar-refractivity contribution is -0.151. The number of amides is 1. The van der Waals surface area contributed by atoms with E-state index in [1.165, 1.54) is 4.90 Å². The number of nitrogens with one attached hydrogen (secondary N) is 1. The van der Waals surface area contributed by atoms with Gasteiger partial charge in [-0.25, -0.2) is 4.79 Å². The van der Waals surface area contributed by atoms with Gasteiger partial charge in [-0.15, -0.1) is 0 Å². The summed E-state index contributed by atoms with van der Waals surface area (Å²) in [6.45, 7) is 4.98. The third-order valence-electron chi connectivity index (χ3n) is 3.75. The van der Waals surface area contributed by atoms with Crippen molar-refractivity contribution in [3.8, 4) is 0 Å². The molecule has 0 aromatic heterocycles. The second-order valence-electron chi connectivity index (χ2n) is 5.71. The minimum Gasteiger partial charge on any atom is -0.480 e. The van der Waals surface area contributed by atoms with Crippen LogP contribution in [0.25, 0.3) is 0 Å². The van der Waals surface area contributed by atoms with Crippen molar-refractivity contribution >= 4 is 11.9 Å². The molecule has 0 aliphatic carbocycles. The zero-order valence-corrected chi connectivity index (χ0v) is 12.5. The van der Waals surface area contributed by atoms with Gasteiger partial charge in [-0.05, 0) is 11.1 Å². The summed E-state index contributed by atoms with van der Waals surface area (Å²) in [5.41, 5.74) is 2.06. The fourth-order valence-corrected chi connectivity index (χ4v) is 2.62. The summed E-state index contributed by atoms with van der Waals surface area (Å²) in [7, 11) is 0. The van der Waals surface area contributed by atoms with Gasteiger partial charge in [-0.1, -0.05) is 38.1 Å². The van der Waals surface area contributed by atoms with Crippen LogP contribution in [0.4, 0.5) is 0 Å². The van der Waals surface area contributed by atoms with Gasteiger partial charge in [0.15, 0.2) is 0 Å². The lowest BCUT2D eigenvalue weighted by Crippen LogP contribution is -2.49. The third-order valence-corrected chi connectivity index (χ3v) is 3.75. The first kappa shape index (κ1) is 15.5. The first-order valence-electron chi connectivity index (χ1n) is 7.31. The Morgan fingerprint density at radius 2 is 2.00 bits per heavy atom. The Morgan fingerprint density at radius 1 is 1.33 bits per heavy atom. The summed E-state index contributed by atoms with van der Waals surface area (Å²) in [5, 5.41) is 12.6. The van der Waals surface area contributed by atoms with Crippen LogP contribution in [0.2, 0.25) is 0 Å². The number of aliphatic carboxylic acids is 1. The van der Waals surface area contributed by atoms with E-state index in [1.807, 2.05) is 38.1 Å². The third kappa shape index (κ3) is 3.82. The molecule has 0 spiro atoms. The van der Waals surface area contributed by atoms with Crippen molar-refractivity contribution in [1.82, 2.24) is 10.2 Å². The number of carbonyl (C=O) groups excluding carboxylic acids is 1. The molecule has 5 nitrogen and oxygen atoms in total. The smallest absolute Gasteiger partial charge is 0.326 e. The van der Waals surface area contributed by atoms with Gasteiger partial charge in [-0.3, -0.25) is 4.79 Å². The molecule has 0 radical (unpaired) electrons. The second kappa shape index (κ2) is 6.72. The van der Waals surface area contributed by atoms with E-state index in [0.29, 0.717) is 32.0 Å². The number of hydrogen-bond acceptors (Lipinski definition) is 3. The lowest BCUT2D eigenvalue weighted by atomic mass is 9.93. The molecule has 2 rings (SSSR count). The number of carboxylic acid groups (broad SMARTS) is 1. The number of fused-ring (bicyclic) bond motifs is 1. The molecule has 1 amide bonds. The van der Waals surface area contributed by atoms with E-state index in [-0.39, 0.29) is 5.91 Å². The second-order valence-corrected chi connectivity index (χ2v) is 5.71. The van der Waals surface area contributed by atoms with E-state index in [0.717, 1.165) is 11.1 Å². The number of benzene rings is 1. The maximum absolute atomic E-state index is 12.3. The highest BCUT2D eigenvalue weighted by atomic mass is 16.4. The molecule has 1 atom stereocenters. The summed E-state index contributed by atoms with van der Waals surface area (Å²) in [4.78, 5) is 25.3. The zero-order valence-electron chi connectivity index (χ0n) is 12.5. The Hall–Kier alpha value is -1.88. The average Bonchev–Trinajstić information content (AvgIpc) is 2.45. The predicted octanol–water partition coefficient (Wildman–Crippen LogP) is 1.41. The molecule has 0 fully saturated rings. The van der Waals surface area contributed by atoms with Crippen LogP contribution in [0.1, 0.15) is 31.4 Å². The molecular weight excluding hydrogens is 268 g/mol. The van der Waals surface area contributed by atoms with Crippen LogP contribution in [0.5, 0.6) is 0 Å². The van der Waals surface area contributed by atoms with Gasteiger partial charge < -0.3 is 15.3 Å². The number of carboxylic acids is 1. The molecule has 0 saturated carbocycles. The largest absolute Gasteiger partial charge is 0.480 e. The molecule has 1 heterocycles. The molecule has 1 aliphatic heterocycles. The van der Waals surface area contributed by atoms with Crippen molar-refractivity contribution in [2.24, 2.45) is 0 Å². The van der Waals surface area contributed by atoms with E-state index in [9.17, 15) is 14.7 Å². The van der Waals surface area contributed by atoms with Crippen LogP contribution in [0.15, 0.2) is 24.3 Å². The minimum atomic E-state index is -0.935. The molecule has 1 aromatic rings. The van der Waals surface area contributed by atoms with Gasteiger partial charge in [0.2, 0.25) is 5.91 Å². The van der Waals surface area contributed by atoms with Crippen molar-refractivity contribution in [3.63, 3.8) is 0 Å². The Morgan fingerprint density at radius 3 is 2.62 bits per heavy atom. The molecule has 1 aliphatic rings. The van der Waals surface area contributed by atoms with E-state index < -0.39 is 12.0 Å². The Bertz CT molecular complexity index is 528. The molecule has 1 unspecified atom stereocenters. The van der Waals surface area contributed by atoms with E-state index >= 15 is 0 Å². The van der Waals surface area contributed by atoms with Crippen molar-refractivity contribution in [1.29, 1.82) is 0 Å². The van der Waals surface area contributed by atoms with Crippen molar-refractivity contribution in [3.05, 3.63) is 35.4 Å². The molecule has 2 N–H and O–H groups in total. The zero-order chi connectivity index (χ0) is 15.4. The molecular formula is C16H22N2O3. The van der Waals surface area contributed by atoms with Gasteiger partial charge in [-0.2, -0.15) is 0 Å². The van der Waals surface area contributed by atoms with Crippen LogP contribution >= 0.6 is 0 Å². The Kier molecular flexibility index (Phi) is 4.96. The summed E-state index contributed by atoms with van der Waals surface area (Å²) in [6, 6.07) is 7.28. The molecule has 0 bridgehead atoms. The number of carbonyl (C=O) groups is 2. The monoisotopic (exact) mass is 290 g/mol. The number of hydrogen-bond donors (Lipinski definition) is 2. The Labute approximate surface area is 125 Å². The normalized spacial score (nSPS) is 17.7. The van der Waals surface area contributed by atoms with Gasteiger partial charge in [0, 0.05) is 32.0 Å². The molecule has 114 valence electrons. The highest BCUT2D eigenvalue weighted by Crippen LogP contribution is 2.24. The Balaban J connectivity index is 2.09. The van der Waals surface area contributed by atoms with Gasteiger partial charge in [0.05, 0.1) is 0 Å². The number of nitrogens with zero attached hydrogens (tertiary/aromatic N) is 1. The maximum Gasteiger partial charge on any atom is 0.326 e. The molecule has 5 heteroatoms. The summed E-state index contributed by atoms with van der Waals surface area (Å²) < 4.78 is 0. The minimum absolute atomic E-state index is 0.106. The fraction of sp³-hybridized carbons (Fsp3) is 0.500. The standard InChI is InChI=1S/C16H22N2O3/c1-11(2)17-8-7-15(19)18-10-13-6-4-3-5-12(13)9-14(18)16(20)21/h3-6,11,14,17H,7-10H2,1-2H3,(H,20,21). The van der Waals surface area contributed by atoms with Crippen LogP contribution < -0.4 is 5.32 Å². The maximum atomic E-state index is 12.3. The molecule has 21 heavy (non-hydrogen) atoms. The fourth-order valence-electron chi connectivity index (χ4n) is 2.62. The predicted molar refractivity (Wildman–Crippen MR) is 79.9 cm³/mol. The SMILES string of the molecule is CC(C)NCCC(=O)N1Cc2ccccc2CC1C(=O)O. The van der Waals surface area contributed by atoms with Crippen LogP contribution in [0.3, 0.4) is 0 Å². The summed E-state index contributed by atoms with van der Waals surface area (Å²) in [5.74, 6) is -1.04. The van der Waals surface area contributed by atoms with E-state index in [4.69, 9.17) is 0 Å². The van der Waals surface area contributed by atoms with Gasteiger partial charge >= 0.3 is 5.97 Å². The first-order chi connectivity index (χ1) is 9.99. The van der Waals surface area contributed by atoms with E-state index in [2.05, 4.69) is 5.32 Å². The van der Waals surface area contributed by atoms with Crippen LogP contribution in [0, 0.1) is 0 Å². The average molecular weight is 290 g/mol. The van der Waals surface area contributed by atoms with Gasteiger partial charge in [0.25, 0.3) is 0 Å². The molecule has 1 aromatic carbocycles. The number of rotatable bonds is 5. The van der Waals surface area contributed by atoms with Crippen molar-refractivity contribution in [2.45, 2.75) is 45.3 Å². The highest BCUT2D eigenvalue weighted by Gasteiger charge is 2.33. The van der Waals surface area contributed by atoms with Crippen LogP contribution in [-0.2, 0) is 22.6 Å². The van der Waals surface area contributed by atoms with Crippen molar-refractivity contribution < 1.29 is 14.7 Å². The summed E-state index contributed by atoms with van der Waals surface area (Å²) in [6.07, 6.45) is 0.707.